The fourth-order valence-electron chi connectivity index (χ4n) is 5.46. The third-order valence-electron chi connectivity index (χ3n) is 7.38. The Morgan fingerprint density at radius 2 is 1.92 bits per heavy atom. The van der Waals surface area contributed by atoms with E-state index in [1.54, 1.807) is 17.1 Å². The number of nitrogens with two attached hydrogens (primary N) is 1. The molecule has 0 radical (unpaired) electrons. The quantitative estimate of drug-likeness (QED) is 0.398. The molecular weight excluding hydrogens is 472 g/mol. The molecule has 6 rings (SSSR count). The van der Waals surface area contributed by atoms with Gasteiger partial charge in [0.25, 0.3) is 0 Å². The molecule has 0 saturated carbocycles. The highest BCUT2D eigenvalue weighted by Crippen LogP contribution is 2.51. The van der Waals surface area contributed by atoms with E-state index in [2.05, 4.69) is 44.2 Å². The Hall–Kier alpha value is -3.34. The third kappa shape index (κ3) is 4.15. The standard InChI is InChI=1S/C26H28N8OS/c1-33-11-7-19(32-33)24-28-10-6-21(31-24)36-22-15-29-25(20(16-35)30-22)34-12-8-26(9-13-34)14-17-4-2-3-5-18(17)23(26)27/h2-7,10-11,15,23,35H,8-9,12-14,16,27H2,1H3/t23-/m1/s1. The van der Waals surface area contributed by atoms with Crippen LogP contribution in [0.25, 0.3) is 11.5 Å². The van der Waals surface area contributed by atoms with Crippen LogP contribution in [0.1, 0.15) is 35.7 Å². The molecule has 3 aromatic heterocycles. The summed E-state index contributed by atoms with van der Waals surface area (Å²) in [7, 11) is 1.86. The van der Waals surface area contributed by atoms with Crippen LogP contribution in [-0.2, 0) is 20.1 Å². The summed E-state index contributed by atoms with van der Waals surface area (Å²) in [5.41, 5.74) is 10.8. The molecular formula is C26H28N8OS. The molecule has 1 fully saturated rings. The number of hydrogen-bond donors (Lipinski definition) is 2. The average molecular weight is 501 g/mol. The normalized spacial score (nSPS) is 18.5. The first-order valence-electron chi connectivity index (χ1n) is 12.1. The molecule has 10 heteroatoms. The van der Waals surface area contributed by atoms with Crippen LogP contribution in [0.4, 0.5) is 5.82 Å². The Labute approximate surface area is 213 Å². The Balaban J connectivity index is 1.17. The maximum absolute atomic E-state index is 10.1. The predicted molar refractivity (Wildman–Crippen MR) is 137 cm³/mol. The Bertz CT molecular complexity index is 1400. The first-order chi connectivity index (χ1) is 17.5. The van der Waals surface area contributed by atoms with Gasteiger partial charge in [-0.2, -0.15) is 5.10 Å². The molecule has 1 aromatic carbocycles. The Morgan fingerprint density at radius 3 is 2.67 bits per heavy atom. The van der Waals surface area contributed by atoms with E-state index in [1.165, 1.54) is 22.9 Å². The maximum Gasteiger partial charge on any atom is 0.181 e. The summed E-state index contributed by atoms with van der Waals surface area (Å²) in [6, 6.07) is 12.3. The van der Waals surface area contributed by atoms with Gasteiger partial charge in [-0.3, -0.25) is 4.68 Å². The van der Waals surface area contributed by atoms with E-state index >= 15 is 0 Å². The van der Waals surface area contributed by atoms with E-state index in [0.29, 0.717) is 22.2 Å². The summed E-state index contributed by atoms with van der Waals surface area (Å²) >= 11 is 1.39. The second kappa shape index (κ2) is 9.27. The minimum Gasteiger partial charge on any atom is -0.390 e. The second-order valence-electron chi connectivity index (χ2n) is 9.53. The van der Waals surface area contributed by atoms with Gasteiger partial charge in [0.1, 0.15) is 21.4 Å². The van der Waals surface area contributed by atoms with Gasteiger partial charge in [-0.1, -0.05) is 24.3 Å². The lowest BCUT2D eigenvalue weighted by molar-refractivity contribution is 0.186. The maximum atomic E-state index is 10.1. The molecule has 184 valence electrons. The van der Waals surface area contributed by atoms with Crippen LogP contribution in [0, 0.1) is 5.41 Å². The summed E-state index contributed by atoms with van der Waals surface area (Å²) in [6.07, 6.45) is 8.34. The number of rotatable bonds is 5. The van der Waals surface area contributed by atoms with E-state index in [-0.39, 0.29) is 18.1 Å². The summed E-state index contributed by atoms with van der Waals surface area (Å²) < 4.78 is 1.72. The molecule has 2 aliphatic rings. The molecule has 36 heavy (non-hydrogen) atoms. The number of piperidine rings is 1. The minimum absolute atomic E-state index is 0.0712. The van der Waals surface area contributed by atoms with Gasteiger partial charge in [0, 0.05) is 38.6 Å². The Morgan fingerprint density at radius 1 is 1.08 bits per heavy atom. The smallest absolute Gasteiger partial charge is 0.181 e. The van der Waals surface area contributed by atoms with Gasteiger partial charge >= 0.3 is 0 Å². The molecule has 1 spiro atoms. The number of fused-ring (bicyclic) bond motifs is 1. The van der Waals surface area contributed by atoms with Crippen molar-refractivity contribution in [2.45, 2.75) is 42.0 Å². The van der Waals surface area contributed by atoms with Gasteiger partial charge in [-0.25, -0.2) is 19.9 Å². The van der Waals surface area contributed by atoms with Crippen molar-refractivity contribution in [1.29, 1.82) is 0 Å². The monoisotopic (exact) mass is 500 g/mol. The predicted octanol–water partition coefficient (Wildman–Crippen LogP) is 3.15. The highest BCUT2D eigenvalue weighted by Gasteiger charge is 2.46. The SMILES string of the molecule is Cn1ccc(-c2nccc(Sc3cnc(N4CCC5(CC4)Cc4ccccc4[C@H]5N)c(CO)n3)n2)n1. The molecule has 9 nitrogen and oxygen atoms in total. The van der Waals surface area contributed by atoms with Crippen LogP contribution < -0.4 is 10.6 Å². The molecule has 3 N–H and O–H groups in total. The summed E-state index contributed by atoms with van der Waals surface area (Å²) in [5, 5.41) is 15.9. The van der Waals surface area contributed by atoms with E-state index in [1.807, 2.05) is 25.4 Å². The molecule has 1 atom stereocenters. The highest BCUT2D eigenvalue weighted by atomic mass is 32.2. The van der Waals surface area contributed by atoms with Crippen molar-refractivity contribution in [3.63, 3.8) is 0 Å². The zero-order chi connectivity index (χ0) is 24.7. The fraction of sp³-hybridized carbons (Fsp3) is 0.346. The fourth-order valence-corrected chi connectivity index (χ4v) is 6.19. The van der Waals surface area contributed by atoms with E-state index < -0.39 is 0 Å². The van der Waals surface area contributed by atoms with Crippen LogP contribution in [0.3, 0.4) is 0 Å². The van der Waals surface area contributed by atoms with Crippen LogP contribution in [-0.4, -0.2) is 47.9 Å². The van der Waals surface area contributed by atoms with Gasteiger partial charge < -0.3 is 15.7 Å². The van der Waals surface area contributed by atoms with Gasteiger partial charge in [0.2, 0.25) is 0 Å². The van der Waals surface area contributed by atoms with Gasteiger partial charge in [0.05, 0.1) is 12.8 Å². The number of anilines is 1. The van der Waals surface area contributed by atoms with E-state index in [4.69, 9.17) is 15.7 Å². The number of aromatic nitrogens is 6. The molecule has 0 amide bonds. The first kappa shape index (κ1) is 23.1. The van der Waals surface area contributed by atoms with Crippen molar-refractivity contribution in [2.24, 2.45) is 18.2 Å². The molecule has 4 heterocycles. The number of benzene rings is 1. The van der Waals surface area contributed by atoms with Crippen LogP contribution in [0.2, 0.25) is 0 Å². The van der Waals surface area contributed by atoms with E-state index in [0.717, 1.165) is 43.2 Å². The number of hydrogen-bond acceptors (Lipinski definition) is 9. The lowest BCUT2D eigenvalue weighted by atomic mass is 9.73. The van der Waals surface area contributed by atoms with Gasteiger partial charge in [-0.15, -0.1) is 0 Å². The van der Waals surface area contributed by atoms with Crippen LogP contribution in [0.5, 0.6) is 0 Å². The first-order valence-corrected chi connectivity index (χ1v) is 12.9. The average Bonchev–Trinajstić information content (AvgIpc) is 3.46. The van der Waals surface area contributed by atoms with E-state index in [9.17, 15) is 5.11 Å². The van der Waals surface area contributed by atoms with Gasteiger partial charge in [-0.05, 0) is 59.7 Å². The number of nitrogens with zero attached hydrogens (tertiary/aromatic N) is 7. The molecule has 1 aliphatic carbocycles. The van der Waals surface area contributed by atoms with Crippen molar-refractivity contribution < 1.29 is 5.11 Å². The third-order valence-corrected chi connectivity index (χ3v) is 8.23. The number of aryl methyl sites for hydroxylation is 1. The molecule has 4 aromatic rings. The minimum atomic E-state index is -0.174. The molecule has 0 bridgehead atoms. The van der Waals surface area contributed by atoms with Crippen molar-refractivity contribution in [3.8, 4) is 11.5 Å². The zero-order valence-corrected chi connectivity index (χ0v) is 20.9. The topological polar surface area (TPSA) is 119 Å². The molecule has 1 saturated heterocycles. The summed E-state index contributed by atoms with van der Waals surface area (Å²) in [5.74, 6) is 1.31. The lowest BCUT2D eigenvalue weighted by Crippen LogP contribution is -2.45. The molecule has 1 aliphatic heterocycles. The lowest BCUT2D eigenvalue weighted by Gasteiger charge is -2.42. The number of aliphatic hydroxyl groups excluding tert-OH is 1. The second-order valence-corrected chi connectivity index (χ2v) is 10.6. The highest BCUT2D eigenvalue weighted by molar-refractivity contribution is 7.99. The largest absolute Gasteiger partial charge is 0.390 e. The number of aliphatic hydroxyl groups is 1. The van der Waals surface area contributed by atoms with Crippen molar-refractivity contribution in [1.82, 2.24) is 29.7 Å². The summed E-state index contributed by atoms with van der Waals surface area (Å²) in [4.78, 5) is 20.6. The summed E-state index contributed by atoms with van der Waals surface area (Å²) in [6.45, 7) is 1.51. The van der Waals surface area contributed by atoms with Crippen LogP contribution in [0.15, 0.2) is 65.0 Å². The van der Waals surface area contributed by atoms with Crippen molar-refractivity contribution in [3.05, 3.63) is 71.8 Å². The van der Waals surface area contributed by atoms with Crippen molar-refractivity contribution in [2.75, 3.05) is 18.0 Å². The zero-order valence-electron chi connectivity index (χ0n) is 20.1. The van der Waals surface area contributed by atoms with Crippen LogP contribution >= 0.6 is 11.8 Å². The molecule has 0 unspecified atom stereocenters. The Kier molecular flexibility index (Phi) is 5.94. The van der Waals surface area contributed by atoms with Gasteiger partial charge in [0.15, 0.2) is 11.6 Å². The van der Waals surface area contributed by atoms with Crippen molar-refractivity contribution >= 4 is 17.6 Å².